The van der Waals surface area contributed by atoms with Gasteiger partial charge in [0, 0.05) is 17.0 Å². The molecule has 0 atom stereocenters. The molecular weight excluding hydrogens is 240 g/mol. The Bertz CT molecular complexity index is 770. The van der Waals surface area contributed by atoms with E-state index in [2.05, 4.69) is 9.98 Å². The number of carbonyl (C=O) groups excluding carboxylic acids is 1. The van der Waals surface area contributed by atoms with Crippen molar-refractivity contribution in [3.63, 3.8) is 0 Å². The van der Waals surface area contributed by atoms with E-state index in [1.165, 1.54) is 0 Å². The lowest BCUT2D eigenvalue weighted by atomic mass is 10.0. The average molecular weight is 254 g/mol. The van der Waals surface area contributed by atoms with E-state index in [-0.39, 0.29) is 5.97 Å². The number of hydrogen-bond donors (Lipinski definition) is 0. The first-order chi connectivity index (χ1) is 9.13. The lowest BCUT2D eigenvalue weighted by molar-refractivity contribution is -0.134. The van der Waals surface area contributed by atoms with Gasteiger partial charge in [-0.15, -0.1) is 0 Å². The number of fused-ring (bicyclic) bond motifs is 2. The maximum atomic E-state index is 11.9. The molecule has 19 heavy (non-hydrogen) atoms. The quantitative estimate of drug-likeness (QED) is 0.749. The van der Waals surface area contributed by atoms with Crippen LogP contribution in [0.1, 0.15) is 25.0 Å². The number of aliphatic imine (C=N–C) groups is 1. The molecule has 0 unspecified atom stereocenters. The first kappa shape index (κ1) is 11.8. The summed E-state index contributed by atoms with van der Waals surface area (Å²) >= 11 is 0. The zero-order valence-electron chi connectivity index (χ0n) is 11.2. The Morgan fingerprint density at radius 2 is 2.16 bits per heavy atom. The van der Waals surface area contributed by atoms with Crippen LogP contribution in [-0.4, -0.2) is 18.3 Å². The molecule has 0 spiro atoms. The molecule has 96 valence electrons. The van der Waals surface area contributed by atoms with E-state index in [0.29, 0.717) is 12.3 Å². The Morgan fingerprint density at radius 3 is 2.89 bits per heavy atom. The molecule has 2 aliphatic rings. The summed E-state index contributed by atoms with van der Waals surface area (Å²) < 4.78 is 5.04. The maximum absolute atomic E-state index is 11.9. The predicted molar refractivity (Wildman–Crippen MR) is 73.8 cm³/mol. The SMILES string of the molecule is CCOC(=O)C1=Nc2cc3c(c(C)c2=C1C)C=CN=3. The van der Waals surface area contributed by atoms with Gasteiger partial charge in [0.15, 0.2) is 5.71 Å². The summed E-state index contributed by atoms with van der Waals surface area (Å²) in [6, 6.07) is 1.92. The highest BCUT2D eigenvalue weighted by atomic mass is 16.5. The molecule has 0 amide bonds. The topological polar surface area (TPSA) is 51.0 Å². The minimum Gasteiger partial charge on any atom is -0.461 e. The summed E-state index contributed by atoms with van der Waals surface area (Å²) in [5.74, 6) is -0.358. The van der Waals surface area contributed by atoms with Crippen LogP contribution in [0.5, 0.6) is 0 Å². The number of nitrogens with zero attached hydrogens (tertiary/aromatic N) is 2. The van der Waals surface area contributed by atoms with E-state index in [0.717, 1.165) is 33.0 Å². The average Bonchev–Trinajstić information content (AvgIpc) is 2.95. The van der Waals surface area contributed by atoms with Crippen LogP contribution in [0.15, 0.2) is 22.3 Å². The van der Waals surface area contributed by atoms with Gasteiger partial charge in [-0.25, -0.2) is 9.79 Å². The minimum atomic E-state index is -0.358. The van der Waals surface area contributed by atoms with E-state index in [9.17, 15) is 4.79 Å². The van der Waals surface area contributed by atoms with Crippen LogP contribution in [0.4, 0.5) is 5.69 Å². The molecule has 0 bridgehead atoms. The highest BCUT2D eigenvalue weighted by Crippen LogP contribution is 2.20. The van der Waals surface area contributed by atoms with Gasteiger partial charge in [0.25, 0.3) is 0 Å². The number of hydrogen-bond acceptors (Lipinski definition) is 4. The number of esters is 1. The van der Waals surface area contributed by atoms with Crippen molar-refractivity contribution in [2.75, 3.05) is 6.61 Å². The predicted octanol–water partition coefficient (Wildman–Crippen LogP) is 1.42. The number of rotatable bonds is 2. The molecule has 0 N–H and O–H groups in total. The third-order valence-electron chi connectivity index (χ3n) is 3.47. The van der Waals surface area contributed by atoms with Gasteiger partial charge >= 0.3 is 5.97 Å². The fourth-order valence-electron chi connectivity index (χ4n) is 2.59. The zero-order chi connectivity index (χ0) is 13.6. The smallest absolute Gasteiger partial charge is 0.357 e. The van der Waals surface area contributed by atoms with Crippen LogP contribution < -0.4 is 10.6 Å². The van der Waals surface area contributed by atoms with Gasteiger partial charge in [-0.3, -0.25) is 4.99 Å². The van der Waals surface area contributed by atoms with Crippen molar-refractivity contribution in [3.8, 4) is 0 Å². The van der Waals surface area contributed by atoms with Gasteiger partial charge in [0.05, 0.1) is 17.7 Å². The molecule has 0 radical (unpaired) electrons. The van der Waals surface area contributed by atoms with E-state index < -0.39 is 0 Å². The van der Waals surface area contributed by atoms with Crippen molar-refractivity contribution < 1.29 is 9.53 Å². The second-order valence-corrected chi connectivity index (χ2v) is 4.58. The van der Waals surface area contributed by atoms with Crippen molar-refractivity contribution in [1.82, 2.24) is 0 Å². The Kier molecular flexibility index (Phi) is 2.59. The second-order valence-electron chi connectivity index (χ2n) is 4.58. The summed E-state index contributed by atoms with van der Waals surface area (Å²) in [4.78, 5) is 20.6. The van der Waals surface area contributed by atoms with Crippen LogP contribution in [0.25, 0.3) is 11.6 Å². The molecule has 4 heteroatoms. The zero-order valence-corrected chi connectivity index (χ0v) is 11.2. The highest BCUT2D eigenvalue weighted by molar-refractivity contribution is 6.53. The van der Waals surface area contributed by atoms with E-state index >= 15 is 0 Å². The first-order valence-corrected chi connectivity index (χ1v) is 6.28. The summed E-state index contributed by atoms with van der Waals surface area (Å²) in [5, 5.41) is 1.95. The van der Waals surface area contributed by atoms with Crippen LogP contribution in [0.2, 0.25) is 0 Å². The fraction of sp³-hybridized carbons (Fsp3) is 0.267. The molecule has 1 aromatic carbocycles. The molecule has 0 aliphatic carbocycles. The summed E-state index contributed by atoms with van der Waals surface area (Å²) in [7, 11) is 0. The summed E-state index contributed by atoms with van der Waals surface area (Å²) in [5.41, 5.74) is 4.33. The van der Waals surface area contributed by atoms with E-state index in [1.54, 1.807) is 13.1 Å². The molecule has 0 saturated heterocycles. The lowest BCUT2D eigenvalue weighted by Gasteiger charge is -2.02. The Hall–Kier alpha value is -2.23. The molecule has 0 fully saturated rings. The van der Waals surface area contributed by atoms with Gasteiger partial charge in [0.1, 0.15) is 0 Å². The third kappa shape index (κ3) is 1.63. The van der Waals surface area contributed by atoms with Gasteiger partial charge in [-0.05, 0) is 44.1 Å². The number of carbonyl (C=O) groups is 1. The van der Waals surface area contributed by atoms with Crippen molar-refractivity contribution in [1.29, 1.82) is 0 Å². The molecule has 2 heterocycles. The van der Waals surface area contributed by atoms with Gasteiger partial charge in [-0.2, -0.15) is 0 Å². The lowest BCUT2D eigenvalue weighted by Crippen LogP contribution is -2.21. The summed E-state index contributed by atoms with van der Waals surface area (Å²) in [6.45, 7) is 6.10. The third-order valence-corrected chi connectivity index (χ3v) is 3.47. The molecule has 0 saturated carbocycles. The Morgan fingerprint density at radius 1 is 1.37 bits per heavy atom. The molecule has 3 rings (SSSR count). The second kappa shape index (κ2) is 4.16. The van der Waals surface area contributed by atoms with Crippen LogP contribution in [0.3, 0.4) is 0 Å². The monoisotopic (exact) mass is 254 g/mol. The largest absolute Gasteiger partial charge is 0.461 e. The van der Waals surface area contributed by atoms with E-state index in [4.69, 9.17) is 4.74 Å². The van der Waals surface area contributed by atoms with Crippen LogP contribution in [0, 0.1) is 6.92 Å². The van der Waals surface area contributed by atoms with Crippen molar-refractivity contribution in [2.24, 2.45) is 9.98 Å². The maximum Gasteiger partial charge on any atom is 0.357 e. The van der Waals surface area contributed by atoms with Gasteiger partial charge in [0.2, 0.25) is 0 Å². The molecular formula is C15H14N2O2. The van der Waals surface area contributed by atoms with Crippen LogP contribution >= 0.6 is 0 Å². The summed E-state index contributed by atoms with van der Waals surface area (Å²) in [6.07, 6.45) is 3.78. The number of ether oxygens (including phenoxy) is 1. The standard InChI is InChI=1S/C15H14N2O2/c1-4-19-15(18)14-9(3)13-8(2)10-5-6-16-11(10)7-12(13)17-14/h5-7H,4H2,1-3H3. The number of benzene rings is 1. The minimum absolute atomic E-state index is 0.356. The molecule has 2 aliphatic heterocycles. The van der Waals surface area contributed by atoms with Crippen molar-refractivity contribution in [2.45, 2.75) is 20.8 Å². The van der Waals surface area contributed by atoms with Crippen molar-refractivity contribution >= 4 is 29.0 Å². The van der Waals surface area contributed by atoms with Gasteiger partial charge < -0.3 is 4.74 Å². The highest BCUT2D eigenvalue weighted by Gasteiger charge is 2.23. The van der Waals surface area contributed by atoms with Gasteiger partial charge in [-0.1, -0.05) is 0 Å². The van der Waals surface area contributed by atoms with E-state index in [1.807, 2.05) is 26.0 Å². The molecule has 4 nitrogen and oxygen atoms in total. The Labute approximate surface area is 110 Å². The van der Waals surface area contributed by atoms with Crippen molar-refractivity contribution in [3.05, 3.63) is 34.0 Å². The molecule has 0 aromatic heterocycles. The molecule has 1 aromatic rings. The normalized spacial score (nSPS) is 14.9. The first-order valence-electron chi connectivity index (χ1n) is 6.28. The van der Waals surface area contributed by atoms with Crippen LogP contribution in [-0.2, 0) is 9.53 Å². The Balaban J connectivity index is 2.23. The fourth-order valence-corrected chi connectivity index (χ4v) is 2.59.